The van der Waals surface area contributed by atoms with E-state index in [-0.39, 0.29) is 17.3 Å². The molecule has 5 rings (SSSR count). The number of aryl methyl sites for hydroxylation is 1. The van der Waals surface area contributed by atoms with Gasteiger partial charge in [0.2, 0.25) is 0 Å². The molecule has 0 amide bonds. The van der Waals surface area contributed by atoms with Crippen LogP contribution in [0.1, 0.15) is 59.2 Å². The Morgan fingerprint density at radius 1 is 1.31 bits per heavy atom. The van der Waals surface area contributed by atoms with Crippen LogP contribution in [-0.2, 0) is 11.2 Å². The Balaban J connectivity index is 1.49. The first-order valence-electron chi connectivity index (χ1n) is 10.5. The number of allylic oxidation sites excluding steroid dienone is 2. The average Bonchev–Trinajstić information content (AvgIpc) is 3.09. The fourth-order valence-corrected chi connectivity index (χ4v) is 6.39. The molecule has 0 radical (unpaired) electrons. The second-order valence-corrected chi connectivity index (χ2v) is 8.97. The number of ether oxygens (including phenoxy) is 1. The number of hydrogen-bond acceptors (Lipinski definition) is 3. The van der Waals surface area contributed by atoms with E-state index in [4.69, 9.17) is 4.74 Å². The van der Waals surface area contributed by atoms with Gasteiger partial charge < -0.3 is 4.74 Å². The largest absolute Gasteiger partial charge is 0.465 e. The van der Waals surface area contributed by atoms with Gasteiger partial charge in [-0.25, -0.2) is 9.18 Å². The van der Waals surface area contributed by atoms with Gasteiger partial charge in [0.05, 0.1) is 12.7 Å². The Kier molecular flexibility index (Phi) is 4.34. The lowest BCUT2D eigenvalue weighted by atomic mass is 9.53. The number of alkyl halides is 1. The van der Waals surface area contributed by atoms with Gasteiger partial charge in [-0.15, -0.1) is 0 Å². The van der Waals surface area contributed by atoms with Crippen molar-refractivity contribution >= 4 is 11.5 Å². The highest BCUT2D eigenvalue weighted by Gasteiger charge is 2.55. The quantitative estimate of drug-likeness (QED) is 0.647. The molecule has 1 saturated carbocycles. The molecule has 1 aromatic heterocycles. The third-order valence-electron chi connectivity index (χ3n) is 7.64. The Morgan fingerprint density at radius 3 is 2.93 bits per heavy atom. The molecule has 3 aliphatic carbocycles. The van der Waals surface area contributed by atoms with Gasteiger partial charge in [0.1, 0.15) is 6.17 Å². The Hall–Kier alpha value is -2.49. The summed E-state index contributed by atoms with van der Waals surface area (Å²) in [5, 5.41) is 0. The second kappa shape index (κ2) is 6.79. The van der Waals surface area contributed by atoms with Crippen molar-refractivity contribution in [3.8, 4) is 0 Å². The highest BCUT2D eigenvalue weighted by Crippen LogP contribution is 2.63. The summed E-state index contributed by atoms with van der Waals surface area (Å²) in [6.45, 7) is 2.25. The summed E-state index contributed by atoms with van der Waals surface area (Å²) in [7, 11) is 1.39. The van der Waals surface area contributed by atoms with E-state index in [0.717, 1.165) is 36.0 Å². The van der Waals surface area contributed by atoms with Gasteiger partial charge in [0, 0.05) is 18.3 Å². The summed E-state index contributed by atoms with van der Waals surface area (Å²) >= 11 is 0. The molecule has 150 valence electrons. The number of benzene rings is 1. The van der Waals surface area contributed by atoms with Gasteiger partial charge in [-0.1, -0.05) is 25.1 Å². The fourth-order valence-electron chi connectivity index (χ4n) is 6.39. The fraction of sp³-hybridized carbons (Fsp3) is 0.440. The van der Waals surface area contributed by atoms with Gasteiger partial charge in [-0.3, -0.25) is 4.98 Å². The Bertz CT molecular complexity index is 986. The van der Waals surface area contributed by atoms with E-state index in [0.29, 0.717) is 23.8 Å². The summed E-state index contributed by atoms with van der Waals surface area (Å²) in [6, 6.07) is 9.73. The van der Waals surface area contributed by atoms with Crippen LogP contribution in [0.15, 0.2) is 48.8 Å². The second-order valence-electron chi connectivity index (χ2n) is 8.97. The van der Waals surface area contributed by atoms with Gasteiger partial charge in [-0.2, -0.15) is 0 Å². The van der Waals surface area contributed by atoms with Crippen LogP contribution < -0.4 is 0 Å². The summed E-state index contributed by atoms with van der Waals surface area (Å²) < 4.78 is 20.6. The molecule has 1 heterocycles. The molecule has 0 spiro atoms. The Morgan fingerprint density at radius 2 is 2.17 bits per heavy atom. The third-order valence-corrected chi connectivity index (χ3v) is 7.64. The lowest BCUT2D eigenvalue weighted by Gasteiger charge is -2.51. The smallest absolute Gasteiger partial charge is 0.337 e. The van der Waals surface area contributed by atoms with Crippen LogP contribution in [0.3, 0.4) is 0 Å². The van der Waals surface area contributed by atoms with Crippen molar-refractivity contribution in [2.75, 3.05) is 7.11 Å². The lowest BCUT2D eigenvalue weighted by molar-refractivity contribution is 0.0237. The van der Waals surface area contributed by atoms with Crippen LogP contribution in [0.25, 0.3) is 5.57 Å². The van der Waals surface area contributed by atoms with Crippen molar-refractivity contribution in [1.82, 2.24) is 4.98 Å². The van der Waals surface area contributed by atoms with E-state index < -0.39 is 6.17 Å². The molecule has 0 saturated heterocycles. The standard InChI is InChI=1S/C25H26FNO2/c1-25-13-22(26)23-18-7-6-16(24(28)29-2)12-15(18)5-8-19(23)21(25)10-9-20(25)17-4-3-11-27-14-17/h3-4,6-7,9,11-12,14,19,21-23H,5,8,10,13H2,1-2H3/t19-,21-,22-,23+,25+/m0/s1. The molecule has 29 heavy (non-hydrogen) atoms. The van der Waals surface area contributed by atoms with E-state index in [1.54, 1.807) is 12.3 Å². The van der Waals surface area contributed by atoms with Crippen LogP contribution >= 0.6 is 0 Å². The third kappa shape index (κ3) is 2.76. The van der Waals surface area contributed by atoms with Crippen LogP contribution in [0.4, 0.5) is 4.39 Å². The molecular weight excluding hydrogens is 365 g/mol. The molecule has 1 aromatic carbocycles. The van der Waals surface area contributed by atoms with Gasteiger partial charge in [-0.05, 0) is 83.4 Å². The molecular formula is C25H26FNO2. The van der Waals surface area contributed by atoms with E-state index >= 15 is 4.39 Å². The Labute approximate surface area is 171 Å². The number of esters is 1. The molecule has 1 fully saturated rings. The number of pyridine rings is 1. The minimum absolute atomic E-state index is 0.0785. The van der Waals surface area contributed by atoms with Crippen molar-refractivity contribution in [3.05, 3.63) is 71.1 Å². The lowest BCUT2D eigenvalue weighted by Crippen LogP contribution is -2.46. The van der Waals surface area contributed by atoms with Crippen LogP contribution in [0, 0.1) is 17.3 Å². The normalized spacial score (nSPS) is 32.6. The van der Waals surface area contributed by atoms with Gasteiger partial charge in [0.25, 0.3) is 0 Å². The maximum absolute atomic E-state index is 15.8. The number of carbonyl (C=O) groups excluding carboxylic acids is 1. The molecule has 0 bridgehead atoms. The summed E-state index contributed by atoms with van der Waals surface area (Å²) in [5.41, 5.74) is 5.01. The first-order valence-corrected chi connectivity index (χ1v) is 10.5. The predicted octanol–water partition coefficient (Wildman–Crippen LogP) is 5.37. The summed E-state index contributed by atoms with van der Waals surface area (Å²) in [6.07, 6.45) is 8.54. The average molecular weight is 391 g/mol. The van der Waals surface area contributed by atoms with Gasteiger partial charge >= 0.3 is 5.97 Å². The molecule has 2 aromatic rings. The monoisotopic (exact) mass is 391 g/mol. The number of halogens is 1. The zero-order valence-corrected chi connectivity index (χ0v) is 16.9. The first-order chi connectivity index (χ1) is 14.0. The predicted molar refractivity (Wildman–Crippen MR) is 110 cm³/mol. The number of aromatic nitrogens is 1. The van der Waals surface area contributed by atoms with Gasteiger partial charge in [0.15, 0.2) is 0 Å². The van der Waals surface area contributed by atoms with Crippen molar-refractivity contribution in [2.24, 2.45) is 17.3 Å². The SMILES string of the molecule is COC(=O)c1ccc2c(c1)CC[C@@H]1[C@@H]2[C@@H](F)C[C@]2(C)C(c3cccnc3)=CC[C@@H]12. The molecule has 0 aliphatic heterocycles. The zero-order valence-electron chi connectivity index (χ0n) is 16.9. The summed E-state index contributed by atoms with van der Waals surface area (Å²) in [5.74, 6) is 0.364. The van der Waals surface area contributed by atoms with E-state index in [2.05, 4.69) is 24.1 Å². The van der Waals surface area contributed by atoms with E-state index in [1.807, 2.05) is 24.4 Å². The van der Waals surface area contributed by atoms with E-state index in [1.165, 1.54) is 12.7 Å². The molecule has 0 unspecified atom stereocenters. The number of methoxy groups -OCH3 is 1. The minimum Gasteiger partial charge on any atom is -0.465 e. The number of nitrogens with zero attached hydrogens (tertiary/aromatic N) is 1. The molecule has 4 heteroatoms. The van der Waals surface area contributed by atoms with Crippen molar-refractivity contribution in [2.45, 2.75) is 44.7 Å². The number of rotatable bonds is 2. The number of hydrogen-bond donors (Lipinski definition) is 0. The molecule has 0 N–H and O–H groups in total. The molecule has 3 aliphatic rings. The molecule has 3 nitrogen and oxygen atoms in total. The zero-order chi connectivity index (χ0) is 20.2. The highest BCUT2D eigenvalue weighted by molar-refractivity contribution is 5.89. The number of carbonyl (C=O) groups is 1. The number of fused-ring (bicyclic) bond motifs is 5. The van der Waals surface area contributed by atoms with Crippen molar-refractivity contribution in [3.63, 3.8) is 0 Å². The maximum Gasteiger partial charge on any atom is 0.337 e. The molecule has 5 atom stereocenters. The van der Waals surface area contributed by atoms with E-state index in [9.17, 15) is 4.79 Å². The van der Waals surface area contributed by atoms with Crippen LogP contribution in [0.5, 0.6) is 0 Å². The van der Waals surface area contributed by atoms with Crippen LogP contribution in [0.2, 0.25) is 0 Å². The van der Waals surface area contributed by atoms with Crippen molar-refractivity contribution < 1.29 is 13.9 Å². The minimum atomic E-state index is -0.887. The van der Waals surface area contributed by atoms with Crippen molar-refractivity contribution in [1.29, 1.82) is 0 Å². The maximum atomic E-state index is 15.8. The summed E-state index contributed by atoms with van der Waals surface area (Å²) in [4.78, 5) is 16.2. The highest BCUT2D eigenvalue weighted by atomic mass is 19.1. The van der Waals surface area contributed by atoms with Crippen LogP contribution in [-0.4, -0.2) is 24.2 Å². The topological polar surface area (TPSA) is 39.2 Å². The first kappa shape index (κ1) is 18.5.